The van der Waals surface area contributed by atoms with Gasteiger partial charge in [0.1, 0.15) is 0 Å². The molecule has 0 bridgehead atoms. The molecule has 0 aliphatic carbocycles. The molecule has 0 saturated heterocycles. The summed E-state index contributed by atoms with van der Waals surface area (Å²) in [5.41, 5.74) is 2.44. The van der Waals surface area contributed by atoms with Crippen molar-refractivity contribution in [2.45, 2.75) is 12.5 Å². The van der Waals surface area contributed by atoms with E-state index in [9.17, 15) is 4.79 Å². The zero-order valence-corrected chi connectivity index (χ0v) is 16.0. The zero-order valence-electron chi connectivity index (χ0n) is 13.8. The maximum absolute atomic E-state index is 12.7. The monoisotopic (exact) mass is 403 g/mol. The minimum absolute atomic E-state index is 0.0242. The fraction of sp³-hybridized carbons (Fsp3) is 0.0952. The van der Waals surface area contributed by atoms with Crippen LogP contribution in [-0.2, 0) is 0 Å². The van der Waals surface area contributed by atoms with Gasteiger partial charge in [-0.3, -0.25) is 4.79 Å². The van der Waals surface area contributed by atoms with Crippen LogP contribution in [0.3, 0.4) is 0 Å². The van der Waals surface area contributed by atoms with Gasteiger partial charge in [-0.2, -0.15) is 0 Å². The Hall–Kier alpha value is -2.00. The number of rotatable bonds is 6. The molecule has 1 unspecified atom stereocenters. The predicted molar refractivity (Wildman–Crippen MR) is 110 cm³/mol. The molecule has 3 aromatic rings. The highest BCUT2D eigenvalue weighted by molar-refractivity contribution is 6.31. The van der Waals surface area contributed by atoms with Crippen LogP contribution in [-0.4, -0.2) is 5.78 Å². The molecular formula is C21H16Cl3NO. The Morgan fingerprint density at radius 1 is 0.808 bits per heavy atom. The summed E-state index contributed by atoms with van der Waals surface area (Å²) in [7, 11) is 0. The lowest BCUT2D eigenvalue weighted by atomic mass is 9.97. The van der Waals surface area contributed by atoms with Crippen LogP contribution in [0.15, 0.2) is 72.8 Å². The Labute approximate surface area is 167 Å². The lowest BCUT2D eigenvalue weighted by Crippen LogP contribution is -2.15. The first-order chi connectivity index (χ1) is 12.5. The summed E-state index contributed by atoms with van der Waals surface area (Å²) < 4.78 is 0. The summed E-state index contributed by atoms with van der Waals surface area (Å²) in [4.78, 5) is 12.7. The Morgan fingerprint density at radius 3 is 2.04 bits per heavy atom. The van der Waals surface area contributed by atoms with Gasteiger partial charge in [-0.05, 0) is 60.2 Å². The van der Waals surface area contributed by atoms with Gasteiger partial charge >= 0.3 is 0 Å². The number of nitrogens with one attached hydrogen (secondary N) is 1. The summed E-state index contributed by atoms with van der Waals surface area (Å²) in [6.07, 6.45) is 0.287. The van der Waals surface area contributed by atoms with Crippen molar-refractivity contribution < 1.29 is 4.79 Å². The largest absolute Gasteiger partial charge is 0.378 e. The first-order valence-electron chi connectivity index (χ1n) is 8.07. The highest BCUT2D eigenvalue weighted by Crippen LogP contribution is 2.27. The standard InChI is InChI=1S/C21H16Cl3NO/c22-16-8-4-14(5-9-16)20(25-19-3-1-2-18(24)12-19)13-21(26)15-6-10-17(23)11-7-15/h1-12,20,25H,13H2. The fourth-order valence-corrected chi connectivity index (χ4v) is 3.11. The Morgan fingerprint density at radius 2 is 1.42 bits per heavy atom. The van der Waals surface area contributed by atoms with Gasteiger partial charge in [-0.25, -0.2) is 0 Å². The van der Waals surface area contributed by atoms with Crippen molar-refractivity contribution in [3.05, 3.63) is 99.0 Å². The van der Waals surface area contributed by atoms with Crippen LogP contribution in [0.2, 0.25) is 15.1 Å². The number of anilines is 1. The number of halogens is 3. The molecule has 0 heterocycles. The molecule has 1 N–H and O–H groups in total. The van der Waals surface area contributed by atoms with E-state index in [4.69, 9.17) is 34.8 Å². The van der Waals surface area contributed by atoms with Gasteiger partial charge in [0, 0.05) is 32.7 Å². The fourth-order valence-electron chi connectivity index (χ4n) is 2.67. The molecule has 0 aromatic heterocycles. The van der Waals surface area contributed by atoms with Crippen LogP contribution in [0.4, 0.5) is 5.69 Å². The minimum Gasteiger partial charge on any atom is -0.378 e. The van der Waals surface area contributed by atoms with Crippen LogP contribution < -0.4 is 5.32 Å². The molecule has 3 rings (SSSR count). The SMILES string of the molecule is O=C(CC(Nc1cccc(Cl)c1)c1ccc(Cl)cc1)c1ccc(Cl)cc1. The van der Waals surface area contributed by atoms with Crippen molar-refractivity contribution in [1.29, 1.82) is 0 Å². The number of carbonyl (C=O) groups excluding carboxylic acids is 1. The second kappa shape index (κ2) is 8.59. The van der Waals surface area contributed by atoms with E-state index in [-0.39, 0.29) is 18.2 Å². The van der Waals surface area contributed by atoms with E-state index in [0.717, 1.165) is 11.3 Å². The summed E-state index contributed by atoms with van der Waals surface area (Å²) >= 11 is 18.0. The molecule has 0 amide bonds. The van der Waals surface area contributed by atoms with Crippen LogP contribution in [0.1, 0.15) is 28.4 Å². The zero-order chi connectivity index (χ0) is 18.5. The Balaban J connectivity index is 1.85. The van der Waals surface area contributed by atoms with Crippen molar-refractivity contribution >= 4 is 46.3 Å². The van der Waals surface area contributed by atoms with Crippen molar-refractivity contribution in [3.63, 3.8) is 0 Å². The maximum atomic E-state index is 12.7. The van der Waals surface area contributed by atoms with Crippen molar-refractivity contribution in [1.82, 2.24) is 0 Å². The lowest BCUT2D eigenvalue weighted by Gasteiger charge is -2.20. The molecule has 0 aliphatic rings. The van der Waals surface area contributed by atoms with Gasteiger partial charge in [0.05, 0.1) is 6.04 Å². The average Bonchev–Trinajstić information content (AvgIpc) is 2.62. The summed E-state index contributed by atoms with van der Waals surface area (Å²) in [5, 5.41) is 5.28. The van der Waals surface area contributed by atoms with Crippen LogP contribution in [0, 0.1) is 0 Å². The predicted octanol–water partition coefficient (Wildman–Crippen LogP) is 7.07. The number of hydrogen-bond donors (Lipinski definition) is 1. The number of Topliss-reactive ketones (excluding diaryl/α,β-unsaturated/α-hetero) is 1. The third-order valence-corrected chi connectivity index (χ3v) is 4.73. The van der Waals surface area contributed by atoms with E-state index in [2.05, 4.69) is 5.32 Å². The second-order valence-corrected chi connectivity index (χ2v) is 7.20. The van der Waals surface area contributed by atoms with Crippen molar-refractivity contribution in [2.75, 3.05) is 5.32 Å². The van der Waals surface area contributed by atoms with E-state index >= 15 is 0 Å². The average molecular weight is 405 g/mol. The Kier molecular flexibility index (Phi) is 6.20. The first kappa shape index (κ1) is 18.8. The molecule has 26 heavy (non-hydrogen) atoms. The highest BCUT2D eigenvalue weighted by Gasteiger charge is 2.17. The maximum Gasteiger partial charge on any atom is 0.165 e. The Bertz CT molecular complexity index is 892. The van der Waals surface area contributed by atoms with Crippen LogP contribution in [0.5, 0.6) is 0 Å². The normalized spacial score (nSPS) is 11.8. The number of benzene rings is 3. The molecule has 0 fully saturated rings. The summed E-state index contributed by atoms with van der Waals surface area (Å²) in [6, 6.07) is 21.6. The smallest absolute Gasteiger partial charge is 0.165 e. The van der Waals surface area contributed by atoms with Gasteiger partial charge in [-0.15, -0.1) is 0 Å². The van der Waals surface area contributed by atoms with Gasteiger partial charge < -0.3 is 5.32 Å². The third-order valence-electron chi connectivity index (χ3n) is 3.99. The molecule has 3 aromatic carbocycles. The van der Waals surface area contributed by atoms with E-state index in [1.807, 2.05) is 48.5 Å². The van der Waals surface area contributed by atoms with E-state index in [1.54, 1.807) is 24.3 Å². The molecule has 2 nitrogen and oxygen atoms in total. The summed E-state index contributed by atoms with van der Waals surface area (Å²) in [6.45, 7) is 0. The van der Waals surface area contributed by atoms with Gasteiger partial charge in [-0.1, -0.05) is 53.0 Å². The number of carbonyl (C=O) groups is 1. The molecule has 5 heteroatoms. The quantitative estimate of drug-likeness (QED) is 0.445. The van der Waals surface area contributed by atoms with Gasteiger partial charge in [0.15, 0.2) is 5.78 Å². The summed E-state index contributed by atoms with van der Waals surface area (Å²) in [5.74, 6) is 0.0242. The molecule has 132 valence electrons. The van der Waals surface area contributed by atoms with Crippen molar-refractivity contribution in [2.24, 2.45) is 0 Å². The van der Waals surface area contributed by atoms with Crippen LogP contribution >= 0.6 is 34.8 Å². The molecule has 0 spiro atoms. The highest BCUT2D eigenvalue weighted by atomic mass is 35.5. The van der Waals surface area contributed by atoms with Gasteiger partial charge in [0.2, 0.25) is 0 Å². The first-order valence-corrected chi connectivity index (χ1v) is 9.21. The molecule has 0 saturated carbocycles. The van der Waals surface area contributed by atoms with Gasteiger partial charge in [0.25, 0.3) is 0 Å². The molecule has 1 atom stereocenters. The topological polar surface area (TPSA) is 29.1 Å². The molecular weight excluding hydrogens is 389 g/mol. The van der Waals surface area contributed by atoms with E-state index < -0.39 is 0 Å². The number of hydrogen-bond acceptors (Lipinski definition) is 2. The second-order valence-electron chi connectivity index (χ2n) is 5.89. The van der Waals surface area contributed by atoms with Crippen LogP contribution in [0.25, 0.3) is 0 Å². The van der Waals surface area contributed by atoms with Crippen molar-refractivity contribution in [3.8, 4) is 0 Å². The molecule has 0 radical (unpaired) electrons. The third kappa shape index (κ3) is 5.01. The van der Waals surface area contributed by atoms with E-state index in [1.165, 1.54) is 0 Å². The van der Waals surface area contributed by atoms with E-state index in [0.29, 0.717) is 20.6 Å². The number of ketones is 1. The lowest BCUT2D eigenvalue weighted by molar-refractivity contribution is 0.0976. The molecule has 0 aliphatic heterocycles. The minimum atomic E-state index is -0.214.